The molecule has 0 spiro atoms. The van der Waals surface area contributed by atoms with Crippen LogP contribution < -0.4 is 15.5 Å². The van der Waals surface area contributed by atoms with E-state index < -0.39 is 0 Å². The molecule has 2 aromatic carbocycles. The molecule has 1 fully saturated rings. The summed E-state index contributed by atoms with van der Waals surface area (Å²) in [5.41, 5.74) is 2.05. The van der Waals surface area contributed by atoms with Gasteiger partial charge in [-0.25, -0.2) is 0 Å². The highest BCUT2D eigenvalue weighted by Crippen LogP contribution is 2.25. The van der Waals surface area contributed by atoms with Gasteiger partial charge in [-0.3, -0.25) is 4.90 Å². The van der Waals surface area contributed by atoms with E-state index in [1.807, 2.05) is 6.07 Å². The summed E-state index contributed by atoms with van der Waals surface area (Å²) in [6.07, 6.45) is 0. The van der Waals surface area contributed by atoms with E-state index in [9.17, 15) is 0 Å². The standard InChI is InChI=1S/C20H24Cl2N4S/c1-15(14-23-20(27)24-19-8-7-16(21)13-18(19)22)25-9-11-26(12-10-25)17-5-3-2-4-6-17/h2-8,13,15H,9-12,14H2,1H3,(H2,23,24,27). The molecule has 2 aromatic rings. The molecule has 7 heteroatoms. The van der Waals surface area contributed by atoms with Gasteiger partial charge in [0.1, 0.15) is 0 Å². The zero-order chi connectivity index (χ0) is 19.2. The number of anilines is 2. The van der Waals surface area contributed by atoms with Crippen LogP contribution in [0.15, 0.2) is 48.5 Å². The number of para-hydroxylation sites is 1. The smallest absolute Gasteiger partial charge is 0.170 e. The minimum Gasteiger partial charge on any atom is -0.369 e. The topological polar surface area (TPSA) is 30.5 Å². The largest absolute Gasteiger partial charge is 0.369 e. The summed E-state index contributed by atoms with van der Waals surface area (Å²) in [6.45, 7) is 7.17. The summed E-state index contributed by atoms with van der Waals surface area (Å²) in [7, 11) is 0. The van der Waals surface area contributed by atoms with Crippen molar-refractivity contribution < 1.29 is 0 Å². The minimum atomic E-state index is 0.392. The average molecular weight is 423 g/mol. The molecule has 3 rings (SSSR count). The molecule has 0 radical (unpaired) electrons. The van der Waals surface area contributed by atoms with Gasteiger partial charge in [0.15, 0.2) is 5.11 Å². The lowest BCUT2D eigenvalue weighted by Crippen LogP contribution is -2.52. The molecule has 0 amide bonds. The monoisotopic (exact) mass is 422 g/mol. The summed E-state index contributed by atoms with van der Waals surface area (Å²) < 4.78 is 0. The van der Waals surface area contributed by atoms with Gasteiger partial charge in [-0.1, -0.05) is 41.4 Å². The summed E-state index contributed by atoms with van der Waals surface area (Å²) in [5, 5.41) is 8.13. The highest BCUT2D eigenvalue weighted by molar-refractivity contribution is 7.80. The molecule has 1 aliphatic heterocycles. The average Bonchev–Trinajstić information content (AvgIpc) is 2.69. The van der Waals surface area contributed by atoms with E-state index >= 15 is 0 Å². The molecule has 1 unspecified atom stereocenters. The van der Waals surface area contributed by atoms with Crippen molar-refractivity contribution in [1.82, 2.24) is 10.2 Å². The maximum absolute atomic E-state index is 6.18. The van der Waals surface area contributed by atoms with Gasteiger partial charge >= 0.3 is 0 Å². The van der Waals surface area contributed by atoms with E-state index in [1.54, 1.807) is 12.1 Å². The number of thiocarbonyl (C=S) groups is 1. The van der Waals surface area contributed by atoms with Crippen LogP contribution in [-0.2, 0) is 0 Å². The van der Waals surface area contributed by atoms with Gasteiger partial charge in [0.2, 0.25) is 0 Å². The lowest BCUT2D eigenvalue weighted by Gasteiger charge is -2.39. The van der Waals surface area contributed by atoms with Crippen molar-refractivity contribution in [2.45, 2.75) is 13.0 Å². The van der Waals surface area contributed by atoms with E-state index in [4.69, 9.17) is 35.4 Å². The van der Waals surface area contributed by atoms with Crippen LogP contribution in [0.25, 0.3) is 0 Å². The van der Waals surface area contributed by atoms with Gasteiger partial charge in [0.05, 0.1) is 10.7 Å². The number of rotatable bonds is 5. The summed E-state index contributed by atoms with van der Waals surface area (Å²) in [4.78, 5) is 4.93. The highest BCUT2D eigenvalue weighted by Gasteiger charge is 2.21. The normalized spacial score (nSPS) is 16.0. The lowest BCUT2D eigenvalue weighted by atomic mass is 10.2. The van der Waals surface area contributed by atoms with Crippen LogP contribution >= 0.6 is 35.4 Å². The molecule has 1 atom stereocenters. The van der Waals surface area contributed by atoms with E-state index in [2.05, 4.69) is 57.7 Å². The Balaban J connectivity index is 1.43. The predicted molar refractivity (Wildman–Crippen MR) is 120 cm³/mol. The Morgan fingerprint density at radius 2 is 1.78 bits per heavy atom. The Morgan fingerprint density at radius 3 is 2.44 bits per heavy atom. The molecule has 4 nitrogen and oxygen atoms in total. The van der Waals surface area contributed by atoms with Crippen LogP contribution in [0.4, 0.5) is 11.4 Å². The first-order chi connectivity index (χ1) is 13.0. The van der Waals surface area contributed by atoms with Crippen LogP contribution in [0, 0.1) is 0 Å². The number of nitrogens with zero attached hydrogens (tertiary/aromatic N) is 2. The molecule has 2 N–H and O–H groups in total. The number of hydrogen-bond acceptors (Lipinski definition) is 3. The Bertz CT molecular complexity index is 764. The third kappa shape index (κ3) is 5.72. The van der Waals surface area contributed by atoms with Gasteiger partial charge in [0, 0.05) is 49.5 Å². The molecule has 1 heterocycles. The van der Waals surface area contributed by atoms with Crippen molar-refractivity contribution in [2.75, 3.05) is 42.9 Å². The van der Waals surface area contributed by atoms with Crippen molar-refractivity contribution in [2.24, 2.45) is 0 Å². The van der Waals surface area contributed by atoms with Crippen molar-refractivity contribution in [3.05, 3.63) is 58.6 Å². The second-order valence-electron chi connectivity index (χ2n) is 6.67. The van der Waals surface area contributed by atoms with Crippen LogP contribution in [-0.4, -0.2) is 48.8 Å². The molecule has 144 valence electrons. The quantitative estimate of drug-likeness (QED) is 0.692. The first-order valence-electron chi connectivity index (χ1n) is 9.07. The van der Waals surface area contributed by atoms with Crippen LogP contribution in [0.3, 0.4) is 0 Å². The van der Waals surface area contributed by atoms with Crippen LogP contribution in [0.5, 0.6) is 0 Å². The fraction of sp³-hybridized carbons (Fsp3) is 0.350. The second-order valence-corrected chi connectivity index (χ2v) is 7.92. The van der Waals surface area contributed by atoms with Gasteiger partial charge in [-0.15, -0.1) is 0 Å². The molecular formula is C20H24Cl2N4S. The maximum atomic E-state index is 6.18. The number of hydrogen-bond donors (Lipinski definition) is 2. The van der Waals surface area contributed by atoms with Gasteiger partial charge in [0.25, 0.3) is 0 Å². The van der Waals surface area contributed by atoms with Crippen molar-refractivity contribution in [1.29, 1.82) is 0 Å². The molecular weight excluding hydrogens is 399 g/mol. The van der Waals surface area contributed by atoms with E-state index in [1.165, 1.54) is 5.69 Å². The molecule has 27 heavy (non-hydrogen) atoms. The highest BCUT2D eigenvalue weighted by atomic mass is 35.5. The third-order valence-electron chi connectivity index (χ3n) is 4.80. The Morgan fingerprint density at radius 1 is 1.07 bits per heavy atom. The zero-order valence-corrected chi connectivity index (χ0v) is 17.6. The SMILES string of the molecule is CC(CNC(=S)Nc1ccc(Cl)cc1Cl)N1CCN(c2ccccc2)CC1. The lowest BCUT2D eigenvalue weighted by molar-refractivity contribution is 0.198. The number of benzene rings is 2. The summed E-state index contributed by atoms with van der Waals surface area (Å²) >= 11 is 17.5. The molecule has 1 saturated heterocycles. The number of nitrogens with one attached hydrogen (secondary N) is 2. The summed E-state index contributed by atoms with van der Waals surface area (Å²) in [6, 6.07) is 16.3. The second kappa shape index (κ2) is 9.60. The van der Waals surface area contributed by atoms with Crippen molar-refractivity contribution >= 4 is 51.9 Å². The van der Waals surface area contributed by atoms with Crippen molar-refractivity contribution in [3.8, 4) is 0 Å². The van der Waals surface area contributed by atoms with Crippen molar-refractivity contribution in [3.63, 3.8) is 0 Å². The van der Waals surface area contributed by atoms with Gasteiger partial charge in [-0.2, -0.15) is 0 Å². The van der Waals surface area contributed by atoms with Crippen LogP contribution in [0.1, 0.15) is 6.92 Å². The molecule has 1 aliphatic rings. The fourth-order valence-corrected chi connectivity index (χ4v) is 3.84. The van der Waals surface area contributed by atoms with Gasteiger partial charge < -0.3 is 15.5 Å². The molecule has 0 aliphatic carbocycles. The third-order valence-corrected chi connectivity index (χ3v) is 5.59. The van der Waals surface area contributed by atoms with Crippen LogP contribution in [0.2, 0.25) is 10.0 Å². The van der Waals surface area contributed by atoms with E-state index in [0.717, 1.165) is 38.4 Å². The Hall–Kier alpha value is -1.53. The fourth-order valence-electron chi connectivity index (χ4n) is 3.19. The molecule has 0 aromatic heterocycles. The van der Waals surface area contributed by atoms with E-state index in [-0.39, 0.29) is 0 Å². The first kappa shape index (κ1) is 20.2. The zero-order valence-electron chi connectivity index (χ0n) is 15.3. The number of piperazine rings is 1. The van der Waals surface area contributed by atoms with E-state index in [0.29, 0.717) is 21.2 Å². The predicted octanol–water partition coefficient (Wildman–Crippen LogP) is 4.49. The summed E-state index contributed by atoms with van der Waals surface area (Å²) in [5.74, 6) is 0. The molecule has 0 saturated carbocycles. The Labute approximate surface area is 176 Å². The van der Waals surface area contributed by atoms with Gasteiger partial charge in [-0.05, 0) is 49.5 Å². The maximum Gasteiger partial charge on any atom is 0.170 e. The Kier molecular flexibility index (Phi) is 7.19. The number of halogens is 2. The first-order valence-corrected chi connectivity index (χ1v) is 10.2. The minimum absolute atomic E-state index is 0.392. The molecule has 0 bridgehead atoms.